The van der Waals surface area contributed by atoms with E-state index in [1.807, 2.05) is 36.4 Å². The van der Waals surface area contributed by atoms with Crippen LogP contribution in [0.3, 0.4) is 0 Å². The number of benzene rings is 4. The third-order valence-corrected chi connectivity index (χ3v) is 7.30. The topological polar surface area (TPSA) is 95.6 Å². The van der Waals surface area contributed by atoms with Crippen LogP contribution in [0.4, 0.5) is 11.4 Å². The molecule has 0 radical (unpaired) electrons. The van der Waals surface area contributed by atoms with Gasteiger partial charge in [-0.05, 0) is 60.2 Å². The van der Waals surface area contributed by atoms with Gasteiger partial charge in [0.2, 0.25) is 10.0 Å². The molecule has 4 aromatic carbocycles. The van der Waals surface area contributed by atoms with Crippen LogP contribution in [0.2, 0.25) is 0 Å². The van der Waals surface area contributed by atoms with E-state index in [-0.39, 0.29) is 23.3 Å². The molecule has 0 fully saturated rings. The molecule has 2 amide bonds. The maximum Gasteiger partial charge on any atom is 0.255 e. The fourth-order valence-electron chi connectivity index (χ4n) is 3.55. The molecule has 0 saturated heterocycles. The second kappa shape index (κ2) is 11.0. The van der Waals surface area contributed by atoms with E-state index in [4.69, 9.17) is 0 Å². The zero-order valence-corrected chi connectivity index (χ0v) is 20.4. The highest BCUT2D eigenvalue weighted by Crippen LogP contribution is 2.20. The SMILES string of the molecule is CN(Cc1ccccc1)S(=O)(=O)c1ccc(NC(=O)c2cccc(NC(=O)c3ccccc3)c2)cc1. The molecular formula is C28H25N3O4S. The molecule has 0 aromatic heterocycles. The van der Waals surface area contributed by atoms with Gasteiger partial charge in [-0.15, -0.1) is 0 Å². The van der Waals surface area contributed by atoms with Crippen LogP contribution in [0, 0.1) is 0 Å². The number of sulfonamides is 1. The number of nitrogens with one attached hydrogen (secondary N) is 2. The zero-order chi connectivity index (χ0) is 25.5. The lowest BCUT2D eigenvalue weighted by molar-refractivity contribution is 0.101. The molecule has 0 aliphatic heterocycles. The van der Waals surface area contributed by atoms with E-state index in [1.54, 1.807) is 60.7 Å². The van der Waals surface area contributed by atoms with Crippen molar-refractivity contribution in [2.75, 3.05) is 17.7 Å². The zero-order valence-electron chi connectivity index (χ0n) is 19.6. The number of rotatable bonds is 8. The molecule has 0 aliphatic rings. The summed E-state index contributed by atoms with van der Waals surface area (Å²) in [6, 6.07) is 30.7. The van der Waals surface area contributed by atoms with E-state index in [2.05, 4.69) is 10.6 Å². The predicted octanol–water partition coefficient (Wildman–Crippen LogP) is 5.01. The van der Waals surface area contributed by atoms with Crippen molar-refractivity contribution < 1.29 is 18.0 Å². The van der Waals surface area contributed by atoms with Gasteiger partial charge in [0.05, 0.1) is 4.90 Å². The number of carbonyl (C=O) groups is 2. The summed E-state index contributed by atoms with van der Waals surface area (Å²) in [5.41, 5.74) is 2.68. The lowest BCUT2D eigenvalue weighted by Crippen LogP contribution is -2.26. The molecular weight excluding hydrogens is 474 g/mol. The molecule has 7 nitrogen and oxygen atoms in total. The van der Waals surface area contributed by atoms with Gasteiger partial charge in [0.1, 0.15) is 0 Å². The first-order valence-electron chi connectivity index (χ1n) is 11.2. The number of carbonyl (C=O) groups excluding carboxylic acids is 2. The van der Waals surface area contributed by atoms with Crippen LogP contribution in [-0.4, -0.2) is 31.6 Å². The molecule has 36 heavy (non-hydrogen) atoms. The maximum atomic E-state index is 12.9. The van der Waals surface area contributed by atoms with Gasteiger partial charge in [-0.2, -0.15) is 4.31 Å². The summed E-state index contributed by atoms with van der Waals surface area (Å²) in [6.07, 6.45) is 0. The van der Waals surface area contributed by atoms with E-state index in [9.17, 15) is 18.0 Å². The minimum absolute atomic E-state index is 0.129. The fourth-order valence-corrected chi connectivity index (χ4v) is 4.71. The summed E-state index contributed by atoms with van der Waals surface area (Å²) >= 11 is 0. The Hall–Kier alpha value is -4.27. The normalized spacial score (nSPS) is 11.2. The Bertz CT molecular complexity index is 1460. The highest BCUT2D eigenvalue weighted by Gasteiger charge is 2.21. The second-order valence-corrected chi connectivity index (χ2v) is 10.2. The van der Waals surface area contributed by atoms with Gasteiger partial charge in [-0.25, -0.2) is 8.42 Å². The Morgan fingerprint density at radius 2 is 1.22 bits per heavy atom. The Kier molecular flexibility index (Phi) is 7.58. The monoisotopic (exact) mass is 499 g/mol. The van der Waals surface area contributed by atoms with Gasteiger partial charge in [-0.3, -0.25) is 9.59 Å². The van der Waals surface area contributed by atoms with Gasteiger partial charge < -0.3 is 10.6 Å². The number of nitrogens with zero attached hydrogens (tertiary/aromatic N) is 1. The molecule has 0 unspecified atom stereocenters. The van der Waals surface area contributed by atoms with Crippen LogP contribution in [0.15, 0.2) is 114 Å². The van der Waals surface area contributed by atoms with Crippen molar-refractivity contribution in [3.05, 3.63) is 126 Å². The average Bonchev–Trinajstić information content (AvgIpc) is 2.90. The quantitative estimate of drug-likeness (QED) is 0.356. The Morgan fingerprint density at radius 3 is 1.89 bits per heavy atom. The number of amides is 2. The first-order valence-corrected chi connectivity index (χ1v) is 12.6. The highest BCUT2D eigenvalue weighted by atomic mass is 32.2. The van der Waals surface area contributed by atoms with Crippen molar-refractivity contribution in [3.8, 4) is 0 Å². The maximum absolute atomic E-state index is 12.9. The molecule has 4 aromatic rings. The van der Waals surface area contributed by atoms with Crippen LogP contribution >= 0.6 is 0 Å². The summed E-state index contributed by atoms with van der Waals surface area (Å²) in [4.78, 5) is 25.3. The van der Waals surface area contributed by atoms with Crippen molar-refractivity contribution in [2.24, 2.45) is 0 Å². The summed E-state index contributed by atoms with van der Waals surface area (Å²) in [6.45, 7) is 0.249. The van der Waals surface area contributed by atoms with Crippen LogP contribution < -0.4 is 10.6 Å². The minimum Gasteiger partial charge on any atom is -0.322 e. The van der Waals surface area contributed by atoms with E-state index in [1.165, 1.54) is 23.5 Å². The van der Waals surface area contributed by atoms with Crippen molar-refractivity contribution >= 4 is 33.2 Å². The molecule has 2 N–H and O–H groups in total. The lowest BCUT2D eigenvalue weighted by atomic mass is 10.1. The molecule has 0 heterocycles. The summed E-state index contributed by atoms with van der Waals surface area (Å²) in [5, 5.41) is 5.54. The van der Waals surface area contributed by atoms with Crippen molar-refractivity contribution in [2.45, 2.75) is 11.4 Å². The minimum atomic E-state index is -3.69. The third kappa shape index (κ3) is 6.04. The Labute approximate surface area is 210 Å². The molecule has 0 saturated carbocycles. The predicted molar refractivity (Wildman–Crippen MR) is 140 cm³/mol. The molecule has 8 heteroatoms. The van der Waals surface area contributed by atoms with Gasteiger partial charge in [0.25, 0.3) is 11.8 Å². The molecule has 0 bridgehead atoms. The van der Waals surface area contributed by atoms with E-state index in [0.717, 1.165) is 5.56 Å². The lowest BCUT2D eigenvalue weighted by Gasteiger charge is -2.17. The highest BCUT2D eigenvalue weighted by molar-refractivity contribution is 7.89. The molecule has 182 valence electrons. The second-order valence-electron chi connectivity index (χ2n) is 8.13. The van der Waals surface area contributed by atoms with Gasteiger partial charge in [0, 0.05) is 36.1 Å². The average molecular weight is 500 g/mol. The molecule has 0 spiro atoms. The molecule has 0 atom stereocenters. The number of anilines is 2. The van der Waals surface area contributed by atoms with Gasteiger partial charge >= 0.3 is 0 Å². The first kappa shape index (κ1) is 24.8. The van der Waals surface area contributed by atoms with Crippen molar-refractivity contribution in [1.82, 2.24) is 4.31 Å². The molecule has 0 aliphatic carbocycles. The number of hydrogen-bond donors (Lipinski definition) is 2. The van der Waals surface area contributed by atoms with Crippen LogP contribution in [-0.2, 0) is 16.6 Å². The van der Waals surface area contributed by atoms with Crippen LogP contribution in [0.5, 0.6) is 0 Å². The van der Waals surface area contributed by atoms with Crippen LogP contribution in [0.25, 0.3) is 0 Å². The number of hydrogen-bond acceptors (Lipinski definition) is 4. The van der Waals surface area contributed by atoms with Crippen LogP contribution in [0.1, 0.15) is 26.3 Å². The first-order chi connectivity index (χ1) is 17.3. The van der Waals surface area contributed by atoms with E-state index >= 15 is 0 Å². The standard InChI is InChI=1S/C28H25N3O4S/c1-31(20-21-9-4-2-5-10-21)36(34,35)26-17-15-24(16-18-26)29-28(33)23-13-8-14-25(19-23)30-27(32)22-11-6-3-7-12-22/h2-19H,20H2,1H3,(H,29,33)(H,30,32). The fraction of sp³-hybridized carbons (Fsp3) is 0.0714. The summed E-state index contributed by atoms with van der Waals surface area (Å²) in [7, 11) is -2.16. The van der Waals surface area contributed by atoms with E-state index in [0.29, 0.717) is 22.5 Å². The van der Waals surface area contributed by atoms with Gasteiger partial charge in [0.15, 0.2) is 0 Å². The van der Waals surface area contributed by atoms with Crippen molar-refractivity contribution in [1.29, 1.82) is 0 Å². The molecule has 4 rings (SSSR count). The smallest absolute Gasteiger partial charge is 0.255 e. The summed E-state index contributed by atoms with van der Waals surface area (Å²) in [5.74, 6) is -0.662. The van der Waals surface area contributed by atoms with E-state index < -0.39 is 10.0 Å². The van der Waals surface area contributed by atoms with Gasteiger partial charge in [-0.1, -0.05) is 54.6 Å². The summed E-state index contributed by atoms with van der Waals surface area (Å²) < 4.78 is 27.1. The van der Waals surface area contributed by atoms with Crippen molar-refractivity contribution in [3.63, 3.8) is 0 Å². The Morgan fingerprint density at radius 1 is 0.667 bits per heavy atom. The third-order valence-electron chi connectivity index (χ3n) is 5.49. The Balaban J connectivity index is 1.41. The largest absolute Gasteiger partial charge is 0.322 e.